The van der Waals surface area contributed by atoms with Crippen molar-refractivity contribution >= 4 is 28.4 Å². The zero-order chi connectivity index (χ0) is 20.5. The molecule has 1 amide bonds. The summed E-state index contributed by atoms with van der Waals surface area (Å²) in [6.45, 7) is 1.87. The van der Waals surface area contributed by atoms with Gasteiger partial charge in [-0.3, -0.25) is 4.79 Å². The van der Waals surface area contributed by atoms with Crippen LogP contribution in [0.4, 0.5) is 10.2 Å². The van der Waals surface area contributed by atoms with Crippen LogP contribution >= 0.6 is 0 Å². The van der Waals surface area contributed by atoms with Crippen LogP contribution in [-0.2, 0) is 11.3 Å². The number of hydrogen-bond donors (Lipinski definition) is 1. The van der Waals surface area contributed by atoms with Gasteiger partial charge >= 0.3 is 0 Å². The Kier molecular flexibility index (Phi) is 4.78. The largest absolute Gasteiger partial charge is 0.354 e. The lowest BCUT2D eigenvalue weighted by Gasteiger charge is -2.33. The summed E-state index contributed by atoms with van der Waals surface area (Å²) in [6.07, 6.45) is 5.52. The number of hydrogen-bond acceptors (Lipinski definition) is 4. The van der Waals surface area contributed by atoms with Crippen molar-refractivity contribution in [2.75, 3.05) is 18.0 Å². The molecule has 30 heavy (non-hydrogen) atoms. The third-order valence-electron chi connectivity index (χ3n) is 5.69. The summed E-state index contributed by atoms with van der Waals surface area (Å²) in [6, 6.07) is 14.2. The van der Waals surface area contributed by atoms with Gasteiger partial charge in [0.25, 0.3) is 0 Å². The summed E-state index contributed by atoms with van der Waals surface area (Å²) >= 11 is 0. The topological polar surface area (TPSA) is 62.5 Å². The fourth-order valence-electron chi connectivity index (χ4n) is 4.15. The minimum absolute atomic E-state index is 0.0225. The molecule has 0 aliphatic carbocycles. The molecular formula is C23H22FN5O. The van der Waals surface area contributed by atoms with Crippen LogP contribution in [0.15, 0.2) is 60.9 Å². The van der Waals surface area contributed by atoms with Gasteiger partial charge in [0, 0.05) is 32.0 Å². The highest BCUT2D eigenvalue weighted by Gasteiger charge is 2.28. The van der Waals surface area contributed by atoms with Gasteiger partial charge < -0.3 is 14.6 Å². The molecule has 1 aromatic carbocycles. The number of aromatic nitrogens is 3. The molecule has 0 unspecified atom stereocenters. The summed E-state index contributed by atoms with van der Waals surface area (Å²) in [5, 5.41) is 3.00. The van der Waals surface area contributed by atoms with Crippen LogP contribution in [0.2, 0.25) is 0 Å². The molecule has 1 aliphatic heterocycles. The number of carbonyl (C=O) groups excluding carboxylic acids is 1. The second kappa shape index (κ2) is 7.74. The molecule has 1 fully saturated rings. The van der Waals surface area contributed by atoms with E-state index in [0.717, 1.165) is 41.8 Å². The van der Waals surface area contributed by atoms with Crippen molar-refractivity contribution in [2.45, 2.75) is 19.4 Å². The first-order valence-electron chi connectivity index (χ1n) is 10.2. The Morgan fingerprint density at radius 2 is 1.97 bits per heavy atom. The molecule has 4 aromatic rings. The molecule has 3 aromatic heterocycles. The third-order valence-corrected chi connectivity index (χ3v) is 5.69. The molecule has 7 heteroatoms. The Morgan fingerprint density at radius 1 is 1.13 bits per heavy atom. The first-order valence-corrected chi connectivity index (χ1v) is 10.2. The quantitative estimate of drug-likeness (QED) is 0.566. The molecule has 0 spiro atoms. The van der Waals surface area contributed by atoms with Crippen LogP contribution in [0.25, 0.3) is 16.7 Å². The maximum Gasteiger partial charge on any atom is 0.225 e. The number of pyridine rings is 1. The average Bonchev–Trinajstić information content (AvgIpc) is 3.28. The van der Waals surface area contributed by atoms with Gasteiger partial charge in [0.2, 0.25) is 5.91 Å². The normalized spacial score (nSPS) is 16.8. The van der Waals surface area contributed by atoms with E-state index in [9.17, 15) is 9.18 Å². The predicted molar refractivity (Wildman–Crippen MR) is 114 cm³/mol. The number of fused-ring (bicyclic) bond motifs is 3. The highest BCUT2D eigenvalue weighted by molar-refractivity contribution is 5.84. The van der Waals surface area contributed by atoms with Gasteiger partial charge in [-0.15, -0.1) is 0 Å². The van der Waals surface area contributed by atoms with Gasteiger partial charge in [-0.2, -0.15) is 0 Å². The van der Waals surface area contributed by atoms with Crippen molar-refractivity contribution in [1.82, 2.24) is 19.7 Å². The molecule has 4 heterocycles. The Labute approximate surface area is 173 Å². The van der Waals surface area contributed by atoms with E-state index in [1.807, 2.05) is 30.5 Å². The minimum Gasteiger partial charge on any atom is -0.354 e. The molecule has 152 valence electrons. The number of benzene rings is 1. The van der Waals surface area contributed by atoms with Crippen molar-refractivity contribution in [1.29, 1.82) is 0 Å². The van der Waals surface area contributed by atoms with Gasteiger partial charge in [-0.1, -0.05) is 12.1 Å². The van der Waals surface area contributed by atoms with E-state index < -0.39 is 0 Å². The number of amides is 1. The molecular weight excluding hydrogens is 381 g/mol. The van der Waals surface area contributed by atoms with Gasteiger partial charge in [-0.25, -0.2) is 14.4 Å². The zero-order valence-electron chi connectivity index (χ0n) is 16.5. The maximum absolute atomic E-state index is 13.1. The van der Waals surface area contributed by atoms with Crippen LogP contribution in [0.3, 0.4) is 0 Å². The minimum atomic E-state index is -0.276. The van der Waals surface area contributed by atoms with E-state index in [0.29, 0.717) is 18.7 Å². The third kappa shape index (κ3) is 3.47. The lowest BCUT2D eigenvalue weighted by atomic mass is 9.97. The van der Waals surface area contributed by atoms with E-state index >= 15 is 0 Å². The van der Waals surface area contributed by atoms with E-state index in [1.165, 1.54) is 12.1 Å². The fourth-order valence-corrected chi connectivity index (χ4v) is 4.15. The molecule has 1 saturated heterocycles. The Morgan fingerprint density at radius 3 is 2.83 bits per heavy atom. The van der Waals surface area contributed by atoms with Crippen LogP contribution in [0.5, 0.6) is 0 Å². The smallest absolute Gasteiger partial charge is 0.225 e. The molecule has 0 saturated carbocycles. The van der Waals surface area contributed by atoms with E-state index in [-0.39, 0.29) is 17.6 Å². The highest BCUT2D eigenvalue weighted by atomic mass is 19.1. The van der Waals surface area contributed by atoms with Gasteiger partial charge in [0.05, 0.1) is 17.0 Å². The Hall–Kier alpha value is -3.48. The number of nitrogens with one attached hydrogen (secondary N) is 1. The number of carbonyl (C=O) groups is 1. The number of piperidine rings is 1. The lowest BCUT2D eigenvalue weighted by molar-refractivity contribution is -0.125. The summed E-state index contributed by atoms with van der Waals surface area (Å²) < 4.78 is 15.2. The van der Waals surface area contributed by atoms with Crippen molar-refractivity contribution in [3.63, 3.8) is 0 Å². The molecule has 6 nitrogen and oxygen atoms in total. The van der Waals surface area contributed by atoms with Crippen molar-refractivity contribution < 1.29 is 9.18 Å². The molecule has 1 aliphatic rings. The average molecular weight is 403 g/mol. The zero-order valence-corrected chi connectivity index (χ0v) is 16.5. The Balaban J connectivity index is 1.35. The Bertz CT molecular complexity index is 1200. The number of anilines is 1. The maximum atomic E-state index is 13.1. The number of halogens is 1. The summed E-state index contributed by atoms with van der Waals surface area (Å²) in [5.74, 6) is 0.495. The van der Waals surface area contributed by atoms with Crippen LogP contribution in [0.1, 0.15) is 18.4 Å². The second-order valence-electron chi connectivity index (χ2n) is 7.67. The van der Waals surface area contributed by atoms with E-state index in [1.54, 1.807) is 18.3 Å². The van der Waals surface area contributed by atoms with Crippen LogP contribution in [-0.4, -0.2) is 33.4 Å². The summed E-state index contributed by atoms with van der Waals surface area (Å²) in [5.41, 5.74) is 3.56. The standard InChI is InChI=1S/C23H22FN5O/c24-18-9-7-16(8-10-18)14-26-23(30)17-4-2-12-28(15-17)22-20-6-3-13-29(20)19-5-1-11-25-21(19)27-22/h1,3,5-11,13,17H,2,4,12,14-15H2,(H,26,30)/t17-/m1/s1. The van der Waals surface area contributed by atoms with Crippen LogP contribution in [0, 0.1) is 11.7 Å². The summed E-state index contributed by atoms with van der Waals surface area (Å²) in [7, 11) is 0. The van der Waals surface area contributed by atoms with Gasteiger partial charge in [0.1, 0.15) is 5.82 Å². The molecule has 0 radical (unpaired) electrons. The fraction of sp³-hybridized carbons (Fsp3) is 0.261. The van der Waals surface area contributed by atoms with Crippen molar-refractivity contribution in [2.24, 2.45) is 5.92 Å². The predicted octanol–water partition coefficient (Wildman–Crippen LogP) is 3.55. The van der Waals surface area contributed by atoms with Crippen LogP contribution < -0.4 is 10.2 Å². The molecule has 1 N–H and O–H groups in total. The van der Waals surface area contributed by atoms with Crippen molar-refractivity contribution in [3.8, 4) is 0 Å². The van der Waals surface area contributed by atoms with Gasteiger partial charge in [0.15, 0.2) is 11.5 Å². The first kappa shape index (κ1) is 18.5. The van der Waals surface area contributed by atoms with E-state index in [4.69, 9.17) is 4.98 Å². The summed E-state index contributed by atoms with van der Waals surface area (Å²) in [4.78, 5) is 24.2. The first-order chi connectivity index (χ1) is 14.7. The SMILES string of the molecule is O=C(NCc1ccc(F)cc1)[C@@H]1CCCN(c2nc3ncccc3n3cccc23)C1. The van der Waals surface area contributed by atoms with Crippen molar-refractivity contribution in [3.05, 3.63) is 72.3 Å². The monoisotopic (exact) mass is 403 g/mol. The number of rotatable bonds is 4. The number of nitrogens with zero attached hydrogens (tertiary/aromatic N) is 4. The van der Waals surface area contributed by atoms with Gasteiger partial charge in [-0.05, 0) is 54.8 Å². The van der Waals surface area contributed by atoms with E-state index in [2.05, 4.69) is 19.6 Å². The molecule has 0 bridgehead atoms. The molecule has 1 atom stereocenters. The highest BCUT2D eigenvalue weighted by Crippen LogP contribution is 2.28. The lowest BCUT2D eigenvalue weighted by Crippen LogP contribution is -2.43. The second-order valence-corrected chi connectivity index (χ2v) is 7.67. The molecule has 5 rings (SSSR count).